The first-order valence-electron chi connectivity index (χ1n) is 5.62. The molecule has 1 heterocycles. The number of hydrogen-bond acceptors (Lipinski definition) is 4. The Morgan fingerprint density at radius 2 is 2.00 bits per heavy atom. The van der Waals surface area contributed by atoms with E-state index in [-0.39, 0.29) is 11.0 Å². The molecule has 0 fully saturated rings. The summed E-state index contributed by atoms with van der Waals surface area (Å²) in [5.41, 5.74) is -0.432. The molecule has 8 heteroatoms. The second-order valence-corrected chi connectivity index (χ2v) is 4.54. The van der Waals surface area contributed by atoms with Gasteiger partial charge in [0.2, 0.25) is 0 Å². The lowest BCUT2D eigenvalue weighted by molar-refractivity contribution is -0.144. The van der Waals surface area contributed by atoms with Gasteiger partial charge >= 0.3 is 17.8 Å². The van der Waals surface area contributed by atoms with Gasteiger partial charge in [-0.2, -0.15) is 4.57 Å². The molecule has 1 aromatic heterocycles. The number of halogens is 1. The van der Waals surface area contributed by atoms with E-state index in [4.69, 9.17) is 16.7 Å². The Balaban J connectivity index is 2.86. The Bertz CT molecular complexity index is 761. The Morgan fingerprint density at radius 1 is 1.35 bits per heavy atom. The van der Waals surface area contributed by atoms with Gasteiger partial charge in [0.15, 0.2) is 0 Å². The smallest absolute Gasteiger partial charge is 0.420 e. The molecule has 0 aliphatic rings. The standard InChI is InChI=1S/C12H11ClN2O5/c1-6(10(16)20-2)14-9-5-7(13)3-4-8(9)15(11(14)17)12(18)19/h3-6H,1-2H3,(H,18,19). The Kier molecular flexibility index (Phi) is 3.54. The summed E-state index contributed by atoms with van der Waals surface area (Å²) in [5, 5.41) is 9.45. The number of aromatic nitrogens is 2. The fourth-order valence-corrected chi connectivity index (χ4v) is 2.19. The largest absolute Gasteiger partial charge is 0.467 e. The number of methoxy groups -OCH3 is 1. The molecule has 0 saturated carbocycles. The topological polar surface area (TPSA) is 90.5 Å². The molecule has 0 aliphatic heterocycles. The van der Waals surface area contributed by atoms with Crippen molar-refractivity contribution in [2.24, 2.45) is 0 Å². The average molecular weight is 299 g/mol. The molecule has 20 heavy (non-hydrogen) atoms. The zero-order chi connectivity index (χ0) is 15.0. The molecule has 0 radical (unpaired) electrons. The van der Waals surface area contributed by atoms with Gasteiger partial charge in [0.25, 0.3) is 0 Å². The molecular weight excluding hydrogens is 288 g/mol. The van der Waals surface area contributed by atoms with Gasteiger partial charge in [0.05, 0.1) is 18.1 Å². The fourth-order valence-electron chi connectivity index (χ4n) is 2.03. The average Bonchev–Trinajstić information content (AvgIpc) is 2.68. The highest BCUT2D eigenvalue weighted by atomic mass is 35.5. The minimum atomic E-state index is -1.43. The van der Waals surface area contributed by atoms with Crippen molar-refractivity contribution in [3.05, 3.63) is 33.7 Å². The van der Waals surface area contributed by atoms with E-state index < -0.39 is 23.8 Å². The van der Waals surface area contributed by atoms with Crippen molar-refractivity contribution in [1.29, 1.82) is 0 Å². The Morgan fingerprint density at radius 3 is 2.55 bits per heavy atom. The highest BCUT2D eigenvalue weighted by Crippen LogP contribution is 2.22. The van der Waals surface area contributed by atoms with Crippen LogP contribution in [0.25, 0.3) is 11.0 Å². The lowest BCUT2D eigenvalue weighted by atomic mass is 10.2. The molecule has 106 valence electrons. The van der Waals surface area contributed by atoms with Crippen molar-refractivity contribution < 1.29 is 19.4 Å². The van der Waals surface area contributed by atoms with Gasteiger partial charge in [-0.3, -0.25) is 4.57 Å². The summed E-state index contributed by atoms with van der Waals surface area (Å²) < 4.78 is 6.19. The van der Waals surface area contributed by atoms with E-state index >= 15 is 0 Å². The van der Waals surface area contributed by atoms with E-state index in [1.807, 2.05) is 0 Å². The second-order valence-electron chi connectivity index (χ2n) is 4.10. The normalized spacial score (nSPS) is 12.3. The van der Waals surface area contributed by atoms with Gasteiger partial charge in [0, 0.05) is 5.02 Å². The summed E-state index contributed by atoms with van der Waals surface area (Å²) in [6.07, 6.45) is -1.43. The molecule has 0 bridgehead atoms. The van der Waals surface area contributed by atoms with E-state index in [1.165, 1.54) is 32.2 Å². The first-order valence-corrected chi connectivity index (χ1v) is 6.00. The summed E-state index contributed by atoms with van der Waals surface area (Å²) in [5.74, 6) is -0.656. The van der Waals surface area contributed by atoms with Crippen LogP contribution in [-0.4, -0.2) is 33.4 Å². The van der Waals surface area contributed by atoms with Crippen LogP contribution in [0.3, 0.4) is 0 Å². The third-order valence-corrected chi connectivity index (χ3v) is 3.19. The van der Waals surface area contributed by atoms with E-state index in [0.29, 0.717) is 9.59 Å². The number of carbonyl (C=O) groups is 2. The highest BCUT2D eigenvalue weighted by molar-refractivity contribution is 6.31. The van der Waals surface area contributed by atoms with Crippen LogP contribution in [0.5, 0.6) is 0 Å². The predicted molar refractivity (Wildman–Crippen MR) is 71.4 cm³/mol. The van der Waals surface area contributed by atoms with Crippen molar-refractivity contribution in [2.45, 2.75) is 13.0 Å². The summed E-state index contributed by atoms with van der Waals surface area (Å²) in [6, 6.07) is 3.34. The molecule has 1 N–H and O–H groups in total. The Labute approximate surface area is 117 Å². The van der Waals surface area contributed by atoms with Gasteiger partial charge in [-0.25, -0.2) is 14.4 Å². The van der Waals surface area contributed by atoms with Crippen molar-refractivity contribution in [1.82, 2.24) is 9.13 Å². The van der Waals surface area contributed by atoms with Crippen LogP contribution < -0.4 is 5.69 Å². The number of nitrogens with zero attached hydrogens (tertiary/aromatic N) is 2. The molecule has 1 unspecified atom stereocenters. The van der Waals surface area contributed by atoms with Crippen LogP contribution in [0.15, 0.2) is 23.0 Å². The van der Waals surface area contributed by atoms with Gasteiger partial charge in [0.1, 0.15) is 6.04 Å². The molecular formula is C12H11ClN2O5. The SMILES string of the molecule is COC(=O)C(C)n1c(=O)n(C(=O)O)c2ccc(Cl)cc21. The van der Waals surface area contributed by atoms with E-state index in [9.17, 15) is 14.4 Å². The first kappa shape index (κ1) is 14.1. The van der Waals surface area contributed by atoms with Crippen molar-refractivity contribution >= 4 is 34.7 Å². The van der Waals surface area contributed by atoms with Gasteiger partial charge in [-0.1, -0.05) is 11.6 Å². The summed E-state index contributed by atoms with van der Waals surface area (Å²) in [6.45, 7) is 1.44. The molecule has 1 aromatic carbocycles. The molecule has 1 atom stereocenters. The van der Waals surface area contributed by atoms with Gasteiger partial charge < -0.3 is 9.84 Å². The third kappa shape index (κ3) is 2.05. The van der Waals surface area contributed by atoms with Gasteiger partial charge in [-0.15, -0.1) is 0 Å². The maximum Gasteiger partial charge on any atom is 0.420 e. The minimum Gasteiger partial charge on any atom is -0.467 e. The maximum atomic E-state index is 12.2. The van der Waals surface area contributed by atoms with Crippen LogP contribution in [0.2, 0.25) is 5.02 Å². The van der Waals surface area contributed by atoms with Crippen LogP contribution in [0.4, 0.5) is 4.79 Å². The molecule has 0 aliphatic carbocycles. The van der Waals surface area contributed by atoms with Gasteiger partial charge in [-0.05, 0) is 25.1 Å². The number of rotatable bonds is 2. The van der Waals surface area contributed by atoms with Crippen molar-refractivity contribution in [3.8, 4) is 0 Å². The number of esters is 1. The lowest BCUT2D eigenvalue weighted by Gasteiger charge is -2.10. The molecule has 2 rings (SSSR count). The van der Waals surface area contributed by atoms with Crippen molar-refractivity contribution in [2.75, 3.05) is 7.11 Å². The van der Waals surface area contributed by atoms with Crippen molar-refractivity contribution in [3.63, 3.8) is 0 Å². The zero-order valence-corrected chi connectivity index (χ0v) is 11.4. The lowest BCUT2D eigenvalue weighted by Crippen LogP contribution is -2.32. The second kappa shape index (κ2) is 5.01. The van der Waals surface area contributed by atoms with Crippen LogP contribution in [0, 0.1) is 0 Å². The van der Waals surface area contributed by atoms with Crippen LogP contribution in [0.1, 0.15) is 13.0 Å². The molecule has 2 aromatic rings. The monoisotopic (exact) mass is 298 g/mol. The Hall–Kier alpha value is -2.28. The molecule has 7 nitrogen and oxygen atoms in total. The number of hydrogen-bond donors (Lipinski definition) is 1. The number of imidazole rings is 1. The molecule has 0 spiro atoms. The number of carbonyl (C=O) groups excluding carboxylic acids is 1. The number of fused-ring (bicyclic) bond motifs is 1. The number of benzene rings is 1. The third-order valence-electron chi connectivity index (χ3n) is 2.96. The quantitative estimate of drug-likeness (QED) is 0.852. The minimum absolute atomic E-state index is 0.155. The number of carboxylic acid groups (broad SMARTS) is 1. The summed E-state index contributed by atoms with van der Waals surface area (Å²) >= 11 is 5.86. The van der Waals surface area contributed by atoms with E-state index in [0.717, 1.165) is 4.57 Å². The summed E-state index contributed by atoms with van der Waals surface area (Å²) in [4.78, 5) is 35.0. The fraction of sp³-hybridized carbons (Fsp3) is 0.250. The maximum absolute atomic E-state index is 12.2. The highest BCUT2D eigenvalue weighted by Gasteiger charge is 2.25. The summed E-state index contributed by atoms with van der Waals surface area (Å²) in [7, 11) is 1.19. The van der Waals surface area contributed by atoms with E-state index in [2.05, 4.69) is 4.74 Å². The molecule has 0 saturated heterocycles. The van der Waals surface area contributed by atoms with Crippen LogP contribution in [-0.2, 0) is 9.53 Å². The van der Waals surface area contributed by atoms with E-state index in [1.54, 1.807) is 0 Å². The predicted octanol–water partition coefficient (Wildman–Crippen LogP) is 1.72. The first-order chi connectivity index (χ1) is 9.38. The van der Waals surface area contributed by atoms with Crippen LogP contribution >= 0.6 is 11.6 Å². The zero-order valence-electron chi connectivity index (χ0n) is 10.7. The molecule has 0 amide bonds. The number of ether oxygens (including phenoxy) is 1.